The van der Waals surface area contributed by atoms with Gasteiger partial charge in [0.05, 0.1) is 13.7 Å². The number of carbonyl (C=O) groups excluding carboxylic acids is 1. The maximum Gasteiger partial charge on any atom is 0.238 e. The molecule has 1 aliphatic carbocycles. The first-order valence-electron chi connectivity index (χ1n) is 7.46. The van der Waals surface area contributed by atoms with Gasteiger partial charge in [-0.25, -0.2) is 4.39 Å². The van der Waals surface area contributed by atoms with Gasteiger partial charge in [-0.15, -0.1) is 0 Å². The summed E-state index contributed by atoms with van der Waals surface area (Å²) in [6.45, 7) is 3.24. The number of methoxy groups -OCH3 is 1. The number of halogens is 1. The van der Waals surface area contributed by atoms with Gasteiger partial charge in [0.1, 0.15) is 6.17 Å². The van der Waals surface area contributed by atoms with Crippen LogP contribution in [0, 0.1) is 17.7 Å². The van der Waals surface area contributed by atoms with Crippen LogP contribution in [-0.2, 0) is 4.79 Å². The molecule has 1 amide bonds. The van der Waals surface area contributed by atoms with E-state index in [9.17, 15) is 9.18 Å². The third-order valence-corrected chi connectivity index (χ3v) is 4.48. The second-order valence-corrected chi connectivity index (χ2v) is 6.04. The SMILES string of the molecule is COc1ccc(C2NCC(=O)N2CC(C)C2CC2)cc1F. The molecule has 3 rings (SSSR count). The van der Waals surface area contributed by atoms with Gasteiger partial charge in [-0.1, -0.05) is 13.0 Å². The standard InChI is InChI=1S/C16H21FN2O2/c1-10(11-3-4-11)9-19-15(20)8-18-16(19)12-5-6-14(21-2)13(17)7-12/h5-7,10-11,16,18H,3-4,8-9H2,1-2H3. The molecule has 2 aliphatic rings. The van der Waals surface area contributed by atoms with E-state index in [0.29, 0.717) is 12.5 Å². The summed E-state index contributed by atoms with van der Waals surface area (Å²) in [6.07, 6.45) is 2.29. The first-order valence-corrected chi connectivity index (χ1v) is 7.46. The zero-order valence-corrected chi connectivity index (χ0v) is 12.4. The molecule has 0 aromatic heterocycles. The lowest BCUT2D eigenvalue weighted by molar-refractivity contribution is -0.128. The molecule has 2 fully saturated rings. The van der Waals surface area contributed by atoms with Gasteiger partial charge in [0.25, 0.3) is 0 Å². The largest absolute Gasteiger partial charge is 0.494 e. The number of amides is 1. The molecule has 1 aromatic rings. The van der Waals surface area contributed by atoms with Crippen LogP contribution in [0.5, 0.6) is 5.75 Å². The minimum atomic E-state index is -0.397. The number of nitrogens with zero attached hydrogens (tertiary/aromatic N) is 1. The van der Waals surface area contributed by atoms with Crippen molar-refractivity contribution in [2.75, 3.05) is 20.2 Å². The van der Waals surface area contributed by atoms with Gasteiger partial charge in [0.15, 0.2) is 11.6 Å². The normalized spacial score (nSPS) is 23.5. The van der Waals surface area contributed by atoms with E-state index in [4.69, 9.17) is 4.74 Å². The molecule has 1 heterocycles. The average molecular weight is 292 g/mol. The van der Waals surface area contributed by atoms with Crippen LogP contribution in [0.1, 0.15) is 31.5 Å². The molecule has 5 heteroatoms. The fraction of sp³-hybridized carbons (Fsp3) is 0.562. The monoisotopic (exact) mass is 292 g/mol. The molecular weight excluding hydrogens is 271 g/mol. The zero-order chi connectivity index (χ0) is 15.0. The Morgan fingerprint density at radius 2 is 2.24 bits per heavy atom. The minimum absolute atomic E-state index is 0.0868. The highest BCUT2D eigenvalue weighted by molar-refractivity contribution is 5.81. The van der Waals surface area contributed by atoms with Crippen LogP contribution in [-0.4, -0.2) is 31.0 Å². The Balaban J connectivity index is 1.78. The number of benzene rings is 1. The molecule has 0 bridgehead atoms. The number of ether oxygens (including phenoxy) is 1. The van der Waals surface area contributed by atoms with Crippen LogP contribution in [0.4, 0.5) is 4.39 Å². The maximum absolute atomic E-state index is 13.9. The molecular formula is C16H21FN2O2. The van der Waals surface area contributed by atoms with Gasteiger partial charge in [-0.3, -0.25) is 10.1 Å². The lowest BCUT2D eigenvalue weighted by atomic mass is 10.0. The van der Waals surface area contributed by atoms with Gasteiger partial charge in [-0.05, 0) is 42.4 Å². The fourth-order valence-corrected chi connectivity index (χ4v) is 3.02. The van der Waals surface area contributed by atoms with Crippen molar-refractivity contribution in [3.05, 3.63) is 29.6 Å². The van der Waals surface area contributed by atoms with E-state index in [1.807, 2.05) is 11.0 Å². The second-order valence-electron chi connectivity index (χ2n) is 6.04. The quantitative estimate of drug-likeness (QED) is 0.905. The van der Waals surface area contributed by atoms with Crippen molar-refractivity contribution in [3.8, 4) is 5.75 Å². The Labute approximate surface area is 124 Å². The third kappa shape index (κ3) is 2.88. The summed E-state index contributed by atoms with van der Waals surface area (Å²) >= 11 is 0. The van der Waals surface area contributed by atoms with Crippen molar-refractivity contribution < 1.29 is 13.9 Å². The summed E-state index contributed by atoms with van der Waals surface area (Å²) < 4.78 is 18.8. The predicted octanol–water partition coefficient (Wildman–Crippen LogP) is 2.31. The number of carbonyl (C=O) groups is 1. The third-order valence-electron chi connectivity index (χ3n) is 4.48. The van der Waals surface area contributed by atoms with Crippen LogP contribution in [0.2, 0.25) is 0 Å². The Morgan fingerprint density at radius 3 is 2.86 bits per heavy atom. The van der Waals surface area contributed by atoms with Crippen LogP contribution in [0.25, 0.3) is 0 Å². The van der Waals surface area contributed by atoms with E-state index in [2.05, 4.69) is 12.2 Å². The fourth-order valence-electron chi connectivity index (χ4n) is 3.02. The van der Waals surface area contributed by atoms with E-state index in [1.165, 1.54) is 26.0 Å². The molecule has 1 N–H and O–H groups in total. The molecule has 2 atom stereocenters. The van der Waals surface area contributed by atoms with E-state index in [1.54, 1.807) is 6.07 Å². The number of hydrogen-bond donors (Lipinski definition) is 1. The lowest BCUT2D eigenvalue weighted by Crippen LogP contribution is -2.34. The van der Waals surface area contributed by atoms with Crippen molar-refractivity contribution in [1.82, 2.24) is 10.2 Å². The molecule has 1 aliphatic heterocycles. The van der Waals surface area contributed by atoms with Gasteiger partial charge < -0.3 is 9.64 Å². The first-order chi connectivity index (χ1) is 10.1. The summed E-state index contributed by atoms with van der Waals surface area (Å²) in [5.74, 6) is 1.15. The van der Waals surface area contributed by atoms with E-state index in [-0.39, 0.29) is 17.8 Å². The number of nitrogens with one attached hydrogen (secondary N) is 1. The summed E-state index contributed by atoms with van der Waals surface area (Å²) in [7, 11) is 1.44. The molecule has 1 saturated heterocycles. The topological polar surface area (TPSA) is 41.6 Å². The first kappa shape index (κ1) is 14.3. The summed E-state index contributed by atoms with van der Waals surface area (Å²) in [4.78, 5) is 13.9. The highest BCUT2D eigenvalue weighted by atomic mass is 19.1. The zero-order valence-electron chi connectivity index (χ0n) is 12.4. The van der Waals surface area contributed by atoms with E-state index < -0.39 is 5.82 Å². The molecule has 1 aromatic carbocycles. The van der Waals surface area contributed by atoms with Gasteiger partial charge in [0, 0.05) is 6.54 Å². The Kier molecular flexibility index (Phi) is 3.85. The van der Waals surface area contributed by atoms with Crippen LogP contribution >= 0.6 is 0 Å². The van der Waals surface area contributed by atoms with Crippen LogP contribution in [0.15, 0.2) is 18.2 Å². The van der Waals surface area contributed by atoms with Gasteiger partial charge in [-0.2, -0.15) is 0 Å². The maximum atomic E-state index is 13.9. The molecule has 0 spiro atoms. The summed E-state index contributed by atoms with van der Waals surface area (Å²) in [5.41, 5.74) is 0.766. The van der Waals surface area contributed by atoms with Crippen molar-refractivity contribution in [2.45, 2.75) is 25.9 Å². The van der Waals surface area contributed by atoms with Gasteiger partial charge in [0.2, 0.25) is 5.91 Å². The van der Waals surface area contributed by atoms with Gasteiger partial charge >= 0.3 is 0 Å². The van der Waals surface area contributed by atoms with Crippen molar-refractivity contribution in [3.63, 3.8) is 0 Å². The van der Waals surface area contributed by atoms with Crippen LogP contribution in [0.3, 0.4) is 0 Å². The highest BCUT2D eigenvalue weighted by Crippen LogP contribution is 2.38. The second kappa shape index (κ2) is 5.64. The lowest BCUT2D eigenvalue weighted by Gasteiger charge is -2.27. The molecule has 1 saturated carbocycles. The van der Waals surface area contributed by atoms with Crippen molar-refractivity contribution >= 4 is 5.91 Å². The molecule has 2 unspecified atom stereocenters. The Morgan fingerprint density at radius 1 is 1.48 bits per heavy atom. The molecule has 21 heavy (non-hydrogen) atoms. The van der Waals surface area contributed by atoms with Crippen molar-refractivity contribution in [2.24, 2.45) is 11.8 Å². The Hall–Kier alpha value is -1.62. The molecule has 4 nitrogen and oxygen atoms in total. The summed E-state index contributed by atoms with van der Waals surface area (Å²) in [6, 6.07) is 4.87. The minimum Gasteiger partial charge on any atom is -0.494 e. The highest BCUT2D eigenvalue weighted by Gasteiger charge is 2.36. The average Bonchev–Trinajstić information content (AvgIpc) is 3.25. The van der Waals surface area contributed by atoms with E-state index >= 15 is 0 Å². The van der Waals surface area contributed by atoms with Crippen molar-refractivity contribution in [1.29, 1.82) is 0 Å². The van der Waals surface area contributed by atoms with E-state index in [0.717, 1.165) is 18.0 Å². The predicted molar refractivity (Wildman–Crippen MR) is 77.3 cm³/mol. The van der Waals surface area contributed by atoms with Crippen LogP contribution < -0.4 is 10.1 Å². The molecule has 0 radical (unpaired) electrons. The molecule has 114 valence electrons. The Bertz CT molecular complexity index is 545. The smallest absolute Gasteiger partial charge is 0.238 e. The summed E-state index contributed by atoms with van der Waals surface area (Å²) in [5, 5.41) is 3.17. The number of hydrogen-bond acceptors (Lipinski definition) is 3. The number of rotatable bonds is 5.